The summed E-state index contributed by atoms with van der Waals surface area (Å²) in [5.41, 5.74) is 6.54. The molecule has 0 aromatic carbocycles. The largest absolute Gasteiger partial charge is 0.330 e. The normalized spacial score (nSPS) is 26.6. The van der Waals surface area contributed by atoms with Crippen molar-refractivity contribution in [2.24, 2.45) is 17.6 Å². The number of thiophene rings is 1. The van der Waals surface area contributed by atoms with Crippen LogP contribution in [-0.4, -0.2) is 12.3 Å². The van der Waals surface area contributed by atoms with Gasteiger partial charge in [-0.1, -0.05) is 6.42 Å². The average molecular weight is 209 g/mol. The lowest BCUT2D eigenvalue weighted by Gasteiger charge is -2.15. The number of carbonyl (C=O) groups is 1. The highest BCUT2D eigenvalue weighted by atomic mass is 32.1. The van der Waals surface area contributed by atoms with Gasteiger partial charge >= 0.3 is 0 Å². The topological polar surface area (TPSA) is 43.1 Å². The van der Waals surface area contributed by atoms with Crippen LogP contribution in [0.15, 0.2) is 16.8 Å². The fourth-order valence-corrected chi connectivity index (χ4v) is 2.93. The molecule has 2 nitrogen and oxygen atoms in total. The summed E-state index contributed by atoms with van der Waals surface area (Å²) in [7, 11) is 0. The van der Waals surface area contributed by atoms with Crippen molar-refractivity contribution < 1.29 is 4.79 Å². The molecule has 1 aliphatic carbocycles. The Labute approximate surface area is 88.1 Å². The number of carbonyl (C=O) groups excluding carboxylic acids is 1. The second kappa shape index (κ2) is 4.24. The van der Waals surface area contributed by atoms with Crippen molar-refractivity contribution in [2.75, 3.05) is 6.54 Å². The molecular weight excluding hydrogens is 194 g/mol. The van der Waals surface area contributed by atoms with Crippen molar-refractivity contribution in [3.8, 4) is 0 Å². The Hall–Kier alpha value is -0.670. The predicted molar refractivity (Wildman–Crippen MR) is 58.5 cm³/mol. The van der Waals surface area contributed by atoms with E-state index in [1.165, 1.54) is 0 Å². The fourth-order valence-electron chi connectivity index (χ4n) is 2.28. The molecule has 1 aromatic heterocycles. The van der Waals surface area contributed by atoms with E-state index < -0.39 is 0 Å². The maximum absolute atomic E-state index is 12.0. The van der Waals surface area contributed by atoms with Crippen LogP contribution in [0, 0.1) is 11.8 Å². The smallest absolute Gasteiger partial charge is 0.167 e. The highest BCUT2D eigenvalue weighted by Crippen LogP contribution is 2.33. The van der Waals surface area contributed by atoms with Gasteiger partial charge in [0.05, 0.1) is 0 Å². The van der Waals surface area contributed by atoms with E-state index in [0.29, 0.717) is 18.2 Å². The van der Waals surface area contributed by atoms with Crippen LogP contribution >= 0.6 is 11.3 Å². The van der Waals surface area contributed by atoms with Gasteiger partial charge in [-0.05, 0) is 36.8 Å². The molecule has 2 atom stereocenters. The third-order valence-electron chi connectivity index (χ3n) is 3.10. The Morgan fingerprint density at radius 3 is 3.07 bits per heavy atom. The summed E-state index contributed by atoms with van der Waals surface area (Å²) in [5, 5.41) is 3.90. The summed E-state index contributed by atoms with van der Waals surface area (Å²) in [6.45, 7) is 0.653. The number of nitrogens with two attached hydrogens (primary N) is 1. The molecule has 0 unspecified atom stereocenters. The van der Waals surface area contributed by atoms with Crippen LogP contribution in [0.4, 0.5) is 0 Å². The summed E-state index contributed by atoms with van der Waals surface area (Å²) < 4.78 is 0. The Kier molecular flexibility index (Phi) is 2.99. The van der Waals surface area contributed by atoms with Crippen LogP contribution < -0.4 is 5.73 Å². The van der Waals surface area contributed by atoms with E-state index in [9.17, 15) is 4.79 Å². The molecule has 2 rings (SSSR count). The average Bonchev–Trinajstić information content (AvgIpc) is 2.87. The van der Waals surface area contributed by atoms with Gasteiger partial charge in [0.15, 0.2) is 5.78 Å². The standard InChI is InChI=1S/C11H15NOS/c12-6-8-2-1-3-10(8)11(13)9-4-5-14-7-9/h4-5,7-8,10H,1-3,6,12H2/t8-,10-/m0/s1. The van der Waals surface area contributed by atoms with E-state index in [2.05, 4.69) is 0 Å². The van der Waals surface area contributed by atoms with Gasteiger partial charge in [0, 0.05) is 16.9 Å². The number of hydrogen-bond acceptors (Lipinski definition) is 3. The van der Waals surface area contributed by atoms with Gasteiger partial charge < -0.3 is 5.73 Å². The number of hydrogen-bond donors (Lipinski definition) is 1. The summed E-state index contributed by atoms with van der Waals surface area (Å²) in [4.78, 5) is 12.0. The van der Waals surface area contributed by atoms with Crippen LogP contribution in [0.5, 0.6) is 0 Å². The predicted octanol–water partition coefficient (Wildman–Crippen LogP) is 2.31. The molecule has 0 radical (unpaired) electrons. The van der Waals surface area contributed by atoms with Crippen molar-refractivity contribution >= 4 is 17.1 Å². The third-order valence-corrected chi connectivity index (χ3v) is 3.79. The molecule has 0 bridgehead atoms. The minimum atomic E-state index is 0.189. The highest BCUT2D eigenvalue weighted by Gasteiger charge is 2.32. The Morgan fingerprint density at radius 1 is 1.57 bits per heavy atom. The van der Waals surface area contributed by atoms with Crippen LogP contribution in [0.25, 0.3) is 0 Å². The zero-order valence-electron chi connectivity index (χ0n) is 8.11. The first-order chi connectivity index (χ1) is 6.83. The van der Waals surface area contributed by atoms with Crippen LogP contribution in [0.2, 0.25) is 0 Å². The lowest BCUT2D eigenvalue weighted by atomic mass is 9.89. The lowest BCUT2D eigenvalue weighted by Crippen LogP contribution is -2.24. The van der Waals surface area contributed by atoms with Gasteiger partial charge in [-0.3, -0.25) is 4.79 Å². The third kappa shape index (κ3) is 1.74. The molecule has 1 aromatic rings. The molecule has 1 heterocycles. The van der Waals surface area contributed by atoms with Crippen molar-refractivity contribution in [1.82, 2.24) is 0 Å². The first-order valence-corrected chi connectivity index (χ1v) is 6.03. The molecule has 1 saturated carbocycles. The molecule has 2 N–H and O–H groups in total. The van der Waals surface area contributed by atoms with Gasteiger partial charge in [-0.25, -0.2) is 0 Å². The van der Waals surface area contributed by atoms with Crippen molar-refractivity contribution in [2.45, 2.75) is 19.3 Å². The summed E-state index contributed by atoms with van der Waals surface area (Å²) in [5.74, 6) is 0.913. The number of ketones is 1. The van der Waals surface area contributed by atoms with E-state index in [1.807, 2.05) is 16.8 Å². The maximum Gasteiger partial charge on any atom is 0.167 e. The summed E-state index contributed by atoms with van der Waals surface area (Å²) in [6.07, 6.45) is 3.30. The Balaban J connectivity index is 2.11. The van der Waals surface area contributed by atoms with Crippen molar-refractivity contribution in [3.63, 3.8) is 0 Å². The Bertz CT molecular complexity index is 307. The molecule has 0 saturated heterocycles. The van der Waals surface area contributed by atoms with Gasteiger partial charge in [-0.15, -0.1) is 0 Å². The summed E-state index contributed by atoms with van der Waals surface area (Å²) >= 11 is 1.58. The molecule has 1 fully saturated rings. The van der Waals surface area contributed by atoms with Crippen LogP contribution in [0.1, 0.15) is 29.6 Å². The lowest BCUT2D eigenvalue weighted by molar-refractivity contribution is 0.0894. The second-order valence-electron chi connectivity index (χ2n) is 3.91. The molecule has 1 aliphatic rings. The van der Waals surface area contributed by atoms with Crippen LogP contribution in [-0.2, 0) is 0 Å². The summed E-state index contributed by atoms with van der Waals surface area (Å²) in [6, 6.07) is 1.92. The molecule has 14 heavy (non-hydrogen) atoms. The van der Waals surface area contributed by atoms with E-state index in [4.69, 9.17) is 5.73 Å². The van der Waals surface area contributed by atoms with Gasteiger partial charge in [-0.2, -0.15) is 11.3 Å². The first-order valence-electron chi connectivity index (χ1n) is 5.09. The fraction of sp³-hybridized carbons (Fsp3) is 0.545. The van der Waals surface area contributed by atoms with Crippen LogP contribution in [0.3, 0.4) is 0 Å². The quantitative estimate of drug-likeness (QED) is 0.776. The second-order valence-corrected chi connectivity index (χ2v) is 4.69. The number of Topliss-reactive ketones (excluding diaryl/α,β-unsaturated/α-hetero) is 1. The van der Waals surface area contributed by atoms with E-state index in [0.717, 1.165) is 24.8 Å². The van der Waals surface area contributed by atoms with Crippen molar-refractivity contribution in [3.05, 3.63) is 22.4 Å². The molecule has 0 aliphatic heterocycles. The molecule has 0 spiro atoms. The molecule has 76 valence electrons. The monoisotopic (exact) mass is 209 g/mol. The number of rotatable bonds is 3. The minimum absolute atomic E-state index is 0.189. The molecular formula is C11H15NOS. The maximum atomic E-state index is 12.0. The van der Waals surface area contributed by atoms with E-state index in [1.54, 1.807) is 11.3 Å². The first kappa shape index (κ1) is 9.87. The Morgan fingerprint density at radius 2 is 2.43 bits per heavy atom. The SMILES string of the molecule is NC[C@@H]1CCC[C@@H]1C(=O)c1ccsc1. The van der Waals surface area contributed by atoms with Gasteiger partial charge in [0.1, 0.15) is 0 Å². The van der Waals surface area contributed by atoms with Crippen molar-refractivity contribution in [1.29, 1.82) is 0 Å². The highest BCUT2D eigenvalue weighted by molar-refractivity contribution is 7.08. The molecule has 3 heteroatoms. The van der Waals surface area contributed by atoms with Gasteiger partial charge in [0.2, 0.25) is 0 Å². The van der Waals surface area contributed by atoms with E-state index >= 15 is 0 Å². The van der Waals surface area contributed by atoms with Gasteiger partial charge in [0.25, 0.3) is 0 Å². The van der Waals surface area contributed by atoms with E-state index in [-0.39, 0.29) is 5.92 Å². The minimum Gasteiger partial charge on any atom is -0.330 e. The zero-order chi connectivity index (χ0) is 9.97. The molecule has 0 amide bonds. The zero-order valence-corrected chi connectivity index (χ0v) is 8.93.